The van der Waals surface area contributed by atoms with Gasteiger partial charge in [0.1, 0.15) is 6.61 Å². The van der Waals surface area contributed by atoms with E-state index < -0.39 is 0 Å². The van der Waals surface area contributed by atoms with Crippen LogP contribution < -0.4 is 0 Å². The van der Waals surface area contributed by atoms with Crippen molar-refractivity contribution in [1.82, 2.24) is 14.8 Å². The molecule has 2 aromatic heterocycles. The van der Waals surface area contributed by atoms with Crippen LogP contribution in [0.25, 0.3) is 16.7 Å². The maximum absolute atomic E-state index is 5.96. The molecule has 1 aliphatic carbocycles. The van der Waals surface area contributed by atoms with Crippen LogP contribution in [-0.2, 0) is 18.4 Å². The molecule has 0 bridgehead atoms. The van der Waals surface area contributed by atoms with Crippen LogP contribution >= 0.6 is 0 Å². The zero-order valence-corrected chi connectivity index (χ0v) is 14.8. The molecule has 0 saturated heterocycles. The number of hydrogen-bond donors (Lipinski definition) is 0. The first-order valence-electron chi connectivity index (χ1n) is 8.80. The van der Waals surface area contributed by atoms with Gasteiger partial charge in [-0.2, -0.15) is 5.10 Å². The lowest BCUT2D eigenvalue weighted by Crippen LogP contribution is -2.00. The van der Waals surface area contributed by atoms with E-state index in [4.69, 9.17) is 4.74 Å². The van der Waals surface area contributed by atoms with Crippen LogP contribution in [0.3, 0.4) is 0 Å². The third kappa shape index (κ3) is 3.59. The minimum atomic E-state index is 0.613. The van der Waals surface area contributed by atoms with Crippen molar-refractivity contribution in [3.63, 3.8) is 0 Å². The van der Waals surface area contributed by atoms with E-state index in [1.165, 1.54) is 11.1 Å². The van der Waals surface area contributed by atoms with Crippen molar-refractivity contribution in [3.05, 3.63) is 90.2 Å². The summed E-state index contributed by atoms with van der Waals surface area (Å²) in [5.41, 5.74) is 5.75. The molecule has 0 fully saturated rings. The molecular formula is C22H21N3O. The maximum Gasteiger partial charge on any atom is 0.113 e. The zero-order chi connectivity index (χ0) is 17.8. The van der Waals surface area contributed by atoms with Crippen molar-refractivity contribution in [3.8, 4) is 11.1 Å². The van der Waals surface area contributed by atoms with Crippen LogP contribution in [0.1, 0.15) is 24.1 Å². The van der Waals surface area contributed by atoms with Gasteiger partial charge in [0.2, 0.25) is 0 Å². The molecule has 1 aliphatic rings. The smallest absolute Gasteiger partial charge is 0.113 e. The van der Waals surface area contributed by atoms with Gasteiger partial charge in [-0.15, -0.1) is 0 Å². The number of pyridine rings is 1. The number of aromatic nitrogens is 3. The molecule has 130 valence electrons. The first kappa shape index (κ1) is 16.3. The van der Waals surface area contributed by atoms with Crippen LogP contribution in [0.2, 0.25) is 0 Å². The molecule has 3 aromatic rings. The van der Waals surface area contributed by atoms with E-state index in [1.807, 2.05) is 54.5 Å². The van der Waals surface area contributed by atoms with Crippen LogP contribution in [0.5, 0.6) is 0 Å². The molecule has 0 unspecified atom stereocenters. The minimum Gasteiger partial charge on any atom is -0.493 e. The van der Waals surface area contributed by atoms with E-state index >= 15 is 0 Å². The number of nitrogens with zero attached hydrogens (tertiary/aromatic N) is 3. The maximum atomic E-state index is 5.96. The average molecular weight is 343 g/mol. The van der Waals surface area contributed by atoms with E-state index in [9.17, 15) is 0 Å². The highest BCUT2D eigenvalue weighted by atomic mass is 16.5. The Morgan fingerprint density at radius 1 is 1.00 bits per heavy atom. The molecule has 0 N–H and O–H groups in total. The summed E-state index contributed by atoms with van der Waals surface area (Å²) in [7, 11) is 1.96. The van der Waals surface area contributed by atoms with Crippen LogP contribution in [0.15, 0.2) is 79.0 Å². The monoisotopic (exact) mass is 343 g/mol. The summed E-state index contributed by atoms with van der Waals surface area (Å²) >= 11 is 0. The molecule has 2 heterocycles. The van der Waals surface area contributed by atoms with Crippen molar-refractivity contribution < 1.29 is 4.74 Å². The lowest BCUT2D eigenvalue weighted by molar-refractivity contribution is 0.189. The Labute approximate surface area is 153 Å². The Morgan fingerprint density at radius 2 is 1.81 bits per heavy atom. The van der Waals surface area contributed by atoms with Gasteiger partial charge < -0.3 is 4.74 Å². The fourth-order valence-electron chi connectivity index (χ4n) is 3.15. The molecule has 4 rings (SSSR count). The largest absolute Gasteiger partial charge is 0.493 e. The van der Waals surface area contributed by atoms with Gasteiger partial charge in [0.15, 0.2) is 0 Å². The summed E-state index contributed by atoms with van der Waals surface area (Å²) in [4.78, 5) is 4.11. The van der Waals surface area contributed by atoms with Gasteiger partial charge >= 0.3 is 0 Å². The van der Waals surface area contributed by atoms with Crippen LogP contribution in [-0.4, -0.2) is 14.8 Å². The minimum absolute atomic E-state index is 0.613. The van der Waals surface area contributed by atoms with Gasteiger partial charge in [-0.25, -0.2) is 0 Å². The van der Waals surface area contributed by atoms with Gasteiger partial charge in [-0.1, -0.05) is 36.4 Å². The number of benzene rings is 1. The summed E-state index contributed by atoms with van der Waals surface area (Å²) < 4.78 is 7.83. The normalized spacial score (nSPS) is 13.9. The first-order valence-corrected chi connectivity index (χ1v) is 8.80. The van der Waals surface area contributed by atoms with Crippen molar-refractivity contribution in [2.45, 2.75) is 19.4 Å². The molecule has 0 radical (unpaired) electrons. The molecule has 0 aliphatic heterocycles. The van der Waals surface area contributed by atoms with Crippen molar-refractivity contribution >= 4 is 5.57 Å². The number of aryl methyl sites for hydroxylation is 1. The van der Waals surface area contributed by atoms with Crippen LogP contribution in [0.4, 0.5) is 0 Å². The molecule has 4 heteroatoms. The predicted octanol–water partition coefficient (Wildman–Crippen LogP) is 4.76. The zero-order valence-electron chi connectivity index (χ0n) is 14.8. The Hall–Kier alpha value is -3.14. The highest BCUT2D eigenvalue weighted by molar-refractivity contribution is 5.79. The summed E-state index contributed by atoms with van der Waals surface area (Å²) in [5.74, 6) is 1.03. The molecule has 1 aromatic carbocycles. The lowest BCUT2D eigenvalue weighted by Gasteiger charge is -2.16. The van der Waals surface area contributed by atoms with E-state index in [0.717, 1.165) is 35.4 Å². The van der Waals surface area contributed by atoms with Gasteiger partial charge in [0.25, 0.3) is 0 Å². The average Bonchev–Trinajstić information content (AvgIpc) is 3.10. The number of hydrogen-bond acceptors (Lipinski definition) is 3. The molecule has 4 nitrogen and oxygen atoms in total. The highest BCUT2D eigenvalue weighted by Gasteiger charge is 2.17. The Kier molecular flexibility index (Phi) is 4.65. The second-order valence-electron chi connectivity index (χ2n) is 6.40. The third-order valence-corrected chi connectivity index (χ3v) is 4.50. The molecule has 0 saturated carbocycles. The van der Waals surface area contributed by atoms with Crippen molar-refractivity contribution in [2.75, 3.05) is 0 Å². The highest BCUT2D eigenvalue weighted by Crippen LogP contribution is 2.33. The van der Waals surface area contributed by atoms with Crippen molar-refractivity contribution in [2.24, 2.45) is 7.05 Å². The van der Waals surface area contributed by atoms with Crippen molar-refractivity contribution in [1.29, 1.82) is 0 Å². The topological polar surface area (TPSA) is 39.9 Å². The summed E-state index contributed by atoms with van der Waals surface area (Å²) in [6, 6.07) is 14.3. The molecule has 0 atom stereocenters. The van der Waals surface area contributed by atoms with E-state index in [2.05, 4.69) is 40.6 Å². The molecule has 0 amide bonds. The number of rotatable bonds is 5. The van der Waals surface area contributed by atoms with Gasteiger partial charge in [0, 0.05) is 37.6 Å². The first-order chi connectivity index (χ1) is 12.8. The second kappa shape index (κ2) is 7.40. The van der Waals surface area contributed by atoms with Crippen LogP contribution in [0, 0.1) is 0 Å². The second-order valence-corrected chi connectivity index (χ2v) is 6.40. The molecule has 26 heavy (non-hydrogen) atoms. The Bertz CT molecular complexity index is 940. The Morgan fingerprint density at radius 3 is 2.54 bits per heavy atom. The fraction of sp³-hybridized carbons (Fsp3) is 0.182. The van der Waals surface area contributed by atoms with Gasteiger partial charge in [0.05, 0.1) is 11.5 Å². The molecule has 0 spiro atoms. The van der Waals surface area contributed by atoms with E-state index in [0.29, 0.717) is 6.61 Å². The predicted molar refractivity (Wildman–Crippen MR) is 103 cm³/mol. The quantitative estimate of drug-likeness (QED) is 0.670. The standard InChI is InChI=1S/C22H21N3O/c1-25-15-21(18-11-13-23-14-12-18)22(24-25)19-7-9-20(10-8-19)26-16-17-5-3-2-4-6-17/h2-7,9,11-15H,8,10,16H2,1H3. The number of allylic oxidation sites excluding steroid dienone is 4. The van der Waals surface area contributed by atoms with E-state index in [-0.39, 0.29) is 0 Å². The Balaban J connectivity index is 1.53. The molecular weight excluding hydrogens is 322 g/mol. The summed E-state index contributed by atoms with van der Waals surface area (Å²) in [5, 5.41) is 4.69. The number of ether oxygens (including phenoxy) is 1. The lowest BCUT2D eigenvalue weighted by atomic mass is 9.96. The third-order valence-electron chi connectivity index (χ3n) is 4.50. The summed E-state index contributed by atoms with van der Waals surface area (Å²) in [6.45, 7) is 0.613. The van der Waals surface area contributed by atoms with E-state index in [1.54, 1.807) is 0 Å². The summed E-state index contributed by atoms with van der Waals surface area (Å²) in [6.07, 6.45) is 11.7. The van der Waals surface area contributed by atoms with Gasteiger partial charge in [-0.3, -0.25) is 9.67 Å². The SMILES string of the molecule is Cn1cc(-c2ccncc2)c(C2=CC=C(OCc3ccccc3)CC2)n1. The van der Waals surface area contributed by atoms with Gasteiger partial charge in [-0.05, 0) is 41.3 Å². The fourth-order valence-corrected chi connectivity index (χ4v) is 3.15.